The summed E-state index contributed by atoms with van der Waals surface area (Å²) in [6.45, 7) is 7.15. The number of piperazine rings is 1. The van der Waals surface area contributed by atoms with Gasteiger partial charge in [0.2, 0.25) is 0 Å². The third kappa shape index (κ3) is 4.53. The summed E-state index contributed by atoms with van der Waals surface area (Å²) in [5.74, 6) is 0. The second-order valence-electron chi connectivity index (χ2n) is 4.80. The van der Waals surface area contributed by atoms with Gasteiger partial charge in [-0.1, -0.05) is 0 Å². The molecule has 1 N–H and O–H groups in total. The van der Waals surface area contributed by atoms with Crippen LogP contribution < -0.4 is 10.2 Å². The average Bonchev–Trinajstić information content (AvgIpc) is 2.82. The topological polar surface area (TPSA) is 18.5 Å². The molecule has 1 fully saturated rings. The van der Waals surface area contributed by atoms with Gasteiger partial charge in [-0.3, -0.25) is 0 Å². The van der Waals surface area contributed by atoms with E-state index in [4.69, 9.17) is 0 Å². The van der Waals surface area contributed by atoms with Crippen LogP contribution in [0.4, 0.5) is 5.00 Å². The molecule has 0 spiro atoms. The van der Waals surface area contributed by atoms with E-state index in [0.29, 0.717) is 0 Å². The van der Waals surface area contributed by atoms with E-state index in [1.807, 2.05) is 0 Å². The lowest BCUT2D eigenvalue weighted by atomic mass is 10.2. The van der Waals surface area contributed by atoms with E-state index in [1.54, 1.807) is 11.3 Å². The SMILES string of the molecule is CN(CCCCN1CCNCC1)c1ccc(Br)s1. The smallest absolute Gasteiger partial charge is 0.0917 e. The summed E-state index contributed by atoms with van der Waals surface area (Å²) < 4.78 is 1.21. The zero-order chi connectivity index (χ0) is 12.8. The fourth-order valence-corrected chi connectivity index (χ4v) is 3.59. The highest BCUT2D eigenvalue weighted by molar-refractivity contribution is 9.11. The van der Waals surface area contributed by atoms with Gasteiger partial charge in [-0.2, -0.15) is 0 Å². The molecule has 0 amide bonds. The van der Waals surface area contributed by atoms with Gasteiger partial charge < -0.3 is 15.1 Å². The normalized spacial score (nSPS) is 17.0. The zero-order valence-corrected chi connectivity index (χ0v) is 13.4. The van der Waals surface area contributed by atoms with E-state index in [1.165, 1.54) is 41.3 Å². The Labute approximate surface area is 122 Å². The molecule has 102 valence electrons. The Morgan fingerprint density at radius 2 is 2.11 bits per heavy atom. The molecular formula is C13H22BrN3S. The van der Waals surface area contributed by atoms with Crippen molar-refractivity contribution in [3.63, 3.8) is 0 Å². The minimum Gasteiger partial charge on any atom is -0.366 e. The maximum atomic E-state index is 3.51. The average molecular weight is 332 g/mol. The number of rotatable bonds is 6. The van der Waals surface area contributed by atoms with Gasteiger partial charge in [0.1, 0.15) is 0 Å². The first-order chi connectivity index (χ1) is 8.75. The maximum Gasteiger partial charge on any atom is 0.0917 e. The summed E-state index contributed by atoms with van der Waals surface area (Å²) in [5.41, 5.74) is 0. The highest BCUT2D eigenvalue weighted by Gasteiger charge is 2.09. The van der Waals surface area contributed by atoms with Gasteiger partial charge in [-0.15, -0.1) is 11.3 Å². The van der Waals surface area contributed by atoms with Crippen LogP contribution in [0.3, 0.4) is 0 Å². The van der Waals surface area contributed by atoms with E-state index in [-0.39, 0.29) is 0 Å². The lowest BCUT2D eigenvalue weighted by Crippen LogP contribution is -2.43. The molecule has 0 radical (unpaired) electrons. The fraction of sp³-hybridized carbons (Fsp3) is 0.692. The summed E-state index contributed by atoms with van der Waals surface area (Å²) in [6.07, 6.45) is 2.58. The molecule has 0 aromatic carbocycles. The van der Waals surface area contributed by atoms with E-state index >= 15 is 0 Å². The summed E-state index contributed by atoms with van der Waals surface area (Å²) in [5, 5.41) is 4.75. The van der Waals surface area contributed by atoms with Crippen LogP contribution in [-0.4, -0.2) is 51.2 Å². The molecule has 0 bridgehead atoms. The van der Waals surface area contributed by atoms with Crippen molar-refractivity contribution in [3.05, 3.63) is 15.9 Å². The van der Waals surface area contributed by atoms with Gasteiger partial charge in [0.05, 0.1) is 8.79 Å². The van der Waals surface area contributed by atoms with E-state index in [0.717, 1.165) is 19.6 Å². The number of hydrogen-bond donors (Lipinski definition) is 1. The van der Waals surface area contributed by atoms with Crippen LogP contribution in [0.2, 0.25) is 0 Å². The largest absolute Gasteiger partial charge is 0.366 e. The predicted octanol–water partition coefficient (Wildman–Crippen LogP) is 2.63. The molecule has 0 unspecified atom stereocenters. The Bertz CT molecular complexity index is 350. The molecule has 2 rings (SSSR count). The third-order valence-corrected chi connectivity index (χ3v) is 5.10. The van der Waals surface area contributed by atoms with Crippen molar-refractivity contribution in [1.29, 1.82) is 0 Å². The zero-order valence-electron chi connectivity index (χ0n) is 11.0. The molecule has 1 aromatic rings. The molecule has 1 aliphatic rings. The standard InChI is InChI=1S/C13H22BrN3S/c1-16(13-5-4-12(14)18-13)8-2-3-9-17-10-6-15-7-11-17/h4-5,15H,2-3,6-11H2,1H3. The van der Waals surface area contributed by atoms with Crippen molar-refractivity contribution in [1.82, 2.24) is 10.2 Å². The van der Waals surface area contributed by atoms with Gasteiger partial charge >= 0.3 is 0 Å². The van der Waals surface area contributed by atoms with E-state index in [9.17, 15) is 0 Å². The van der Waals surface area contributed by atoms with Crippen molar-refractivity contribution in [3.8, 4) is 0 Å². The molecule has 0 atom stereocenters. The fourth-order valence-electron chi connectivity index (χ4n) is 2.24. The molecule has 0 aliphatic carbocycles. The monoisotopic (exact) mass is 331 g/mol. The van der Waals surface area contributed by atoms with Gasteiger partial charge in [-0.05, 0) is 47.4 Å². The third-order valence-electron chi connectivity index (χ3n) is 3.36. The summed E-state index contributed by atoms with van der Waals surface area (Å²) in [6, 6.07) is 4.31. The van der Waals surface area contributed by atoms with Crippen LogP contribution >= 0.6 is 27.3 Å². The first-order valence-electron chi connectivity index (χ1n) is 6.65. The molecule has 3 nitrogen and oxygen atoms in total. The maximum absolute atomic E-state index is 3.51. The Kier molecular flexibility index (Phi) is 5.95. The molecule has 0 saturated carbocycles. The quantitative estimate of drug-likeness (QED) is 0.808. The van der Waals surface area contributed by atoms with Crippen LogP contribution in [0.25, 0.3) is 0 Å². The van der Waals surface area contributed by atoms with Gasteiger partial charge in [0.25, 0.3) is 0 Å². The van der Waals surface area contributed by atoms with Gasteiger partial charge in [-0.25, -0.2) is 0 Å². The lowest BCUT2D eigenvalue weighted by Gasteiger charge is -2.27. The minimum atomic E-state index is 1.15. The van der Waals surface area contributed by atoms with Gasteiger partial charge in [0, 0.05) is 39.8 Å². The second-order valence-corrected chi connectivity index (χ2v) is 7.24. The number of anilines is 1. The molecular weight excluding hydrogens is 310 g/mol. The van der Waals surface area contributed by atoms with Crippen molar-refractivity contribution in [2.45, 2.75) is 12.8 Å². The number of nitrogens with one attached hydrogen (secondary N) is 1. The molecule has 18 heavy (non-hydrogen) atoms. The van der Waals surface area contributed by atoms with Crippen LogP contribution in [0, 0.1) is 0 Å². The highest BCUT2D eigenvalue weighted by Crippen LogP contribution is 2.29. The number of unbranched alkanes of at least 4 members (excludes halogenated alkanes) is 1. The summed E-state index contributed by atoms with van der Waals surface area (Å²) >= 11 is 5.32. The number of hydrogen-bond acceptors (Lipinski definition) is 4. The molecule has 2 heterocycles. The predicted molar refractivity (Wildman–Crippen MR) is 83.8 cm³/mol. The Morgan fingerprint density at radius 3 is 2.78 bits per heavy atom. The summed E-state index contributed by atoms with van der Waals surface area (Å²) in [4.78, 5) is 4.92. The van der Waals surface area contributed by atoms with Crippen LogP contribution in [0.1, 0.15) is 12.8 Å². The molecule has 1 aliphatic heterocycles. The first-order valence-corrected chi connectivity index (χ1v) is 8.26. The lowest BCUT2D eigenvalue weighted by molar-refractivity contribution is 0.237. The minimum absolute atomic E-state index is 1.15. The van der Waals surface area contributed by atoms with E-state index < -0.39 is 0 Å². The van der Waals surface area contributed by atoms with Crippen molar-refractivity contribution in [2.75, 3.05) is 51.2 Å². The Morgan fingerprint density at radius 1 is 1.33 bits per heavy atom. The number of halogens is 1. The Hall–Kier alpha value is -0.100. The van der Waals surface area contributed by atoms with Crippen LogP contribution in [0.15, 0.2) is 15.9 Å². The Balaban J connectivity index is 1.60. The van der Waals surface area contributed by atoms with Crippen LogP contribution in [-0.2, 0) is 0 Å². The molecule has 1 aromatic heterocycles. The van der Waals surface area contributed by atoms with Crippen LogP contribution in [0.5, 0.6) is 0 Å². The van der Waals surface area contributed by atoms with Crippen molar-refractivity contribution in [2.24, 2.45) is 0 Å². The highest BCUT2D eigenvalue weighted by atomic mass is 79.9. The number of nitrogens with zero attached hydrogens (tertiary/aromatic N) is 2. The molecule has 1 saturated heterocycles. The van der Waals surface area contributed by atoms with E-state index in [2.05, 4.69) is 50.2 Å². The second kappa shape index (κ2) is 7.48. The van der Waals surface area contributed by atoms with Gasteiger partial charge in [0.15, 0.2) is 0 Å². The van der Waals surface area contributed by atoms with Crippen molar-refractivity contribution < 1.29 is 0 Å². The number of thiophene rings is 1. The van der Waals surface area contributed by atoms with Crippen molar-refractivity contribution >= 4 is 32.3 Å². The first kappa shape index (κ1) is 14.3. The molecule has 5 heteroatoms. The summed E-state index contributed by atoms with van der Waals surface area (Å²) in [7, 11) is 2.18.